The standard InChI is InChI=1S/C8H14N2O2/c1-3-9-5-10-7(11)4-6(2)8(10)12/h6,9H,3-5H2,1-2H3. The third-order valence-electron chi connectivity index (χ3n) is 1.99. The Balaban J connectivity index is 2.52. The van der Waals surface area contributed by atoms with Crippen LogP contribution in [0, 0.1) is 5.92 Å². The minimum atomic E-state index is -0.129. The van der Waals surface area contributed by atoms with E-state index in [1.54, 1.807) is 6.92 Å². The summed E-state index contributed by atoms with van der Waals surface area (Å²) in [5.41, 5.74) is 0. The Hall–Kier alpha value is -0.900. The number of nitrogens with one attached hydrogen (secondary N) is 1. The molecule has 68 valence electrons. The molecule has 1 aliphatic heterocycles. The molecule has 2 amide bonds. The maximum atomic E-state index is 11.3. The van der Waals surface area contributed by atoms with E-state index in [4.69, 9.17) is 0 Å². The van der Waals surface area contributed by atoms with E-state index in [1.165, 1.54) is 4.90 Å². The van der Waals surface area contributed by atoms with Gasteiger partial charge in [0.25, 0.3) is 0 Å². The van der Waals surface area contributed by atoms with Crippen molar-refractivity contribution in [2.75, 3.05) is 13.2 Å². The number of amides is 2. The first-order chi connectivity index (χ1) is 5.66. The molecule has 1 aliphatic rings. The normalized spacial score (nSPS) is 23.8. The molecule has 0 bridgehead atoms. The predicted octanol–water partition coefficient (Wildman–Crippen LogP) is -0.0516. The molecular formula is C8H14N2O2. The Morgan fingerprint density at radius 3 is 2.67 bits per heavy atom. The number of hydrogen-bond donors (Lipinski definition) is 1. The van der Waals surface area contributed by atoms with Crippen LogP contribution in [0.15, 0.2) is 0 Å². The summed E-state index contributed by atoms with van der Waals surface area (Å²) in [5.74, 6) is -0.245. The highest BCUT2D eigenvalue weighted by Gasteiger charge is 2.34. The number of imide groups is 1. The zero-order valence-electron chi connectivity index (χ0n) is 7.46. The topological polar surface area (TPSA) is 49.4 Å². The SMILES string of the molecule is CCNCN1C(=O)CC(C)C1=O. The molecule has 1 atom stereocenters. The average molecular weight is 170 g/mol. The molecule has 1 saturated heterocycles. The van der Waals surface area contributed by atoms with Gasteiger partial charge < -0.3 is 0 Å². The van der Waals surface area contributed by atoms with Crippen molar-refractivity contribution in [1.29, 1.82) is 0 Å². The van der Waals surface area contributed by atoms with Gasteiger partial charge in [0.15, 0.2) is 0 Å². The van der Waals surface area contributed by atoms with Crippen LogP contribution in [0.3, 0.4) is 0 Å². The van der Waals surface area contributed by atoms with E-state index in [-0.39, 0.29) is 17.7 Å². The number of nitrogens with zero attached hydrogens (tertiary/aromatic N) is 1. The molecule has 0 saturated carbocycles. The maximum absolute atomic E-state index is 11.3. The fourth-order valence-electron chi connectivity index (χ4n) is 1.24. The summed E-state index contributed by atoms with van der Waals surface area (Å²) in [4.78, 5) is 23.7. The van der Waals surface area contributed by atoms with Gasteiger partial charge >= 0.3 is 0 Å². The fourth-order valence-corrected chi connectivity index (χ4v) is 1.24. The van der Waals surface area contributed by atoms with Gasteiger partial charge in [0.2, 0.25) is 11.8 Å². The van der Waals surface area contributed by atoms with Crippen LogP contribution >= 0.6 is 0 Å². The van der Waals surface area contributed by atoms with Gasteiger partial charge in [-0.1, -0.05) is 13.8 Å². The van der Waals surface area contributed by atoms with Gasteiger partial charge in [0.1, 0.15) is 0 Å². The molecule has 1 unspecified atom stereocenters. The molecule has 1 heterocycles. The lowest BCUT2D eigenvalue weighted by atomic mass is 10.1. The minimum Gasteiger partial charge on any atom is -0.300 e. The first-order valence-corrected chi connectivity index (χ1v) is 4.21. The Morgan fingerprint density at radius 1 is 1.58 bits per heavy atom. The van der Waals surface area contributed by atoms with Gasteiger partial charge in [0.05, 0.1) is 6.67 Å². The quantitative estimate of drug-likeness (QED) is 0.604. The lowest BCUT2D eigenvalue weighted by molar-refractivity contribution is -0.139. The van der Waals surface area contributed by atoms with Crippen molar-refractivity contribution in [3.63, 3.8) is 0 Å². The molecule has 12 heavy (non-hydrogen) atoms. The van der Waals surface area contributed by atoms with Crippen molar-refractivity contribution in [3.05, 3.63) is 0 Å². The largest absolute Gasteiger partial charge is 0.300 e. The van der Waals surface area contributed by atoms with Crippen LogP contribution < -0.4 is 5.32 Å². The van der Waals surface area contributed by atoms with Gasteiger partial charge in [-0.3, -0.25) is 19.8 Å². The molecule has 0 aliphatic carbocycles. The summed E-state index contributed by atoms with van der Waals surface area (Å²) in [6.07, 6.45) is 0.365. The van der Waals surface area contributed by atoms with E-state index in [1.807, 2.05) is 6.92 Å². The first kappa shape index (κ1) is 9.19. The van der Waals surface area contributed by atoms with Crippen LogP contribution in [0.2, 0.25) is 0 Å². The molecule has 1 fully saturated rings. The van der Waals surface area contributed by atoms with Crippen LogP contribution in [0.4, 0.5) is 0 Å². The Bertz CT molecular complexity index is 203. The maximum Gasteiger partial charge on any atom is 0.233 e. The van der Waals surface area contributed by atoms with E-state index < -0.39 is 0 Å². The summed E-state index contributed by atoms with van der Waals surface area (Å²) in [5, 5.41) is 2.96. The van der Waals surface area contributed by atoms with Crippen LogP contribution in [-0.2, 0) is 9.59 Å². The molecule has 4 nitrogen and oxygen atoms in total. The predicted molar refractivity (Wildman–Crippen MR) is 44.2 cm³/mol. The highest BCUT2D eigenvalue weighted by Crippen LogP contribution is 2.17. The number of carbonyl (C=O) groups is 2. The van der Waals surface area contributed by atoms with Crippen LogP contribution in [0.25, 0.3) is 0 Å². The fraction of sp³-hybridized carbons (Fsp3) is 0.750. The van der Waals surface area contributed by atoms with Crippen molar-refractivity contribution < 1.29 is 9.59 Å². The first-order valence-electron chi connectivity index (χ1n) is 4.21. The van der Waals surface area contributed by atoms with E-state index in [0.29, 0.717) is 13.1 Å². The number of hydrogen-bond acceptors (Lipinski definition) is 3. The van der Waals surface area contributed by atoms with Gasteiger partial charge in [-0.05, 0) is 6.54 Å². The van der Waals surface area contributed by atoms with Crippen molar-refractivity contribution in [3.8, 4) is 0 Å². The third-order valence-corrected chi connectivity index (χ3v) is 1.99. The molecule has 1 N–H and O–H groups in total. The molecule has 0 radical (unpaired) electrons. The summed E-state index contributed by atoms with van der Waals surface area (Å²) >= 11 is 0. The zero-order valence-corrected chi connectivity index (χ0v) is 7.46. The van der Waals surface area contributed by atoms with Gasteiger partial charge in [-0.25, -0.2) is 0 Å². The van der Waals surface area contributed by atoms with Gasteiger partial charge in [-0.15, -0.1) is 0 Å². The molecule has 0 aromatic heterocycles. The Morgan fingerprint density at radius 2 is 2.25 bits per heavy atom. The number of rotatable bonds is 3. The summed E-state index contributed by atoms with van der Waals surface area (Å²) < 4.78 is 0. The molecule has 0 aromatic carbocycles. The van der Waals surface area contributed by atoms with Crippen LogP contribution in [-0.4, -0.2) is 29.9 Å². The lowest BCUT2D eigenvalue weighted by Gasteiger charge is -2.13. The zero-order chi connectivity index (χ0) is 9.14. The van der Waals surface area contributed by atoms with E-state index in [9.17, 15) is 9.59 Å². The molecule has 1 rings (SSSR count). The molecule has 4 heteroatoms. The van der Waals surface area contributed by atoms with Crippen molar-refractivity contribution in [2.45, 2.75) is 20.3 Å². The lowest BCUT2D eigenvalue weighted by Crippen LogP contribution is -2.38. The van der Waals surface area contributed by atoms with E-state index in [0.717, 1.165) is 6.54 Å². The highest BCUT2D eigenvalue weighted by molar-refractivity contribution is 6.03. The van der Waals surface area contributed by atoms with Gasteiger partial charge in [0, 0.05) is 12.3 Å². The monoisotopic (exact) mass is 170 g/mol. The van der Waals surface area contributed by atoms with Crippen LogP contribution in [0.5, 0.6) is 0 Å². The Labute approximate surface area is 71.9 Å². The second-order valence-corrected chi connectivity index (χ2v) is 3.03. The number of likely N-dealkylation sites (tertiary alicyclic amines) is 1. The van der Waals surface area contributed by atoms with Crippen LogP contribution in [0.1, 0.15) is 20.3 Å². The number of carbonyl (C=O) groups excluding carboxylic acids is 2. The van der Waals surface area contributed by atoms with E-state index in [2.05, 4.69) is 5.32 Å². The van der Waals surface area contributed by atoms with E-state index >= 15 is 0 Å². The van der Waals surface area contributed by atoms with Crippen molar-refractivity contribution >= 4 is 11.8 Å². The highest BCUT2D eigenvalue weighted by atomic mass is 16.2. The molecule has 0 spiro atoms. The average Bonchev–Trinajstić information content (AvgIpc) is 2.25. The minimum absolute atomic E-state index is 0.0547. The second kappa shape index (κ2) is 3.67. The smallest absolute Gasteiger partial charge is 0.233 e. The summed E-state index contributed by atoms with van der Waals surface area (Å²) in [6.45, 7) is 4.85. The van der Waals surface area contributed by atoms with Crippen molar-refractivity contribution in [1.82, 2.24) is 10.2 Å². The third kappa shape index (κ3) is 1.64. The summed E-state index contributed by atoms with van der Waals surface area (Å²) in [6, 6.07) is 0. The molecule has 0 aromatic rings. The molecular weight excluding hydrogens is 156 g/mol. The Kier molecular flexibility index (Phi) is 2.81. The second-order valence-electron chi connectivity index (χ2n) is 3.03. The van der Waals surface area contributed by atoms with Crippen molar-refractivity contribution in [2.24, 2.45) is 5.92 Å². The van der Waals surface area contributed by atoms with Gasteiger partial charge in [-0.2, -0.15) is 0 Å². The summed E-state index contributed by atoms with van der Waals surface area (Å²) in [7, 11) is 0.